The third-order valence-corrected chi connectivity index (χ3v) is 5.63. The predicted molar refractivity (Wildman–Crippen MR) is 54.3 cm³/mol. The Morgan fingerprint density at radius 3 is 2.25 bits per heavy atom. The highest BCUT2D eigenvalue weighted by Gasteiger charge is 2.32. The molecule has 0 heterocycles. The molecule has 5 heteroatoms. The van der Waals surface area contributed by atoms with Crippen LogP contribution in [0, 0.1) is 0 Å². The van der Waals surface area contributed by atoms with E-state index in [1.807, 2.05) is 6.92 Å². The summed E-state index contributed by atoms with van der Waals surface area (Å²) in [5.41, 5.74) is 0.992. The maximum absolute atomic E-state index is 5.31. The van der Waals surface area contributed by atoms with Crippen molar-refractivity contribution in [1.82, 2.24) is 0 Å². The van der Waals surface area contributed by atoms with Gasteiger partial charge in [0.15, 0.2) is 0 Å². The zero-order chi connectivity index (χ0) is 9.61. The number of halogens is 1. The van der Waals surface area contributed by atoms with E-state index in [0.29, 0.717) is 12.8 Å². The lowest BCUT2D eigenvalue weighted by Crippen LogP contribution is -2.39. The molecule has 0 saturated carbocycles. The third-order valence-electron chi connectivity index (χ3n) is 1.23. The van der Waals surface area contributed by atoms with Crippen molar-refractivity contribution in [3.8, 4) is 0 Å². The van der Waals surface area contributed by atoms with Gasteiger partial charge in [-0.1, -0.05) is 27.4 Å². The highest BCUT2D eigenvalue weighted by Crippen LogP contribution is 2.13. The summed E-state index contributed by atoms with van der Waals surface area (Å²) in [6, 6.07) is 0. The second kappa shape index (κ2) is 5.88. The molecule has 0 unspecified atom stereocenters. The minimum atomic E-state index is -2.22. The zero-order valence-electron chi connectivity index (χ0n) is 7.72. The van der Waals surface area contributed by atoms with Crippen molar-refractivity contribution in [3.05, 3.63) is 12.2 Å². The van der Waals surface area contributed by atoms with Gasteiger partial charge in [0, 0.05) is 14.2 Å². The van der Waals surface area contributed by atoms with E-state index in [2.05, 4.69) is 21.9 Å². The van der Waals surface area contributed by atoms with E-state index in [4.69, 9.17) is 13.6 Å². The summed E-state index contributed by atoms with van der Waals surface area (Å²) in [5, 5.41) is 0. The van der Waals surface area contributed by atoms with Crippen molar-refractivity contribution in [3.63, 3.8) is 0 Å². The summed E-state index contributed by atoms with van der Waals surface area (Å²) in [6.07, 6.45) is 0.465. The Morgan fingerprint density at radius 2 is 1.92 bits per heavy atom. The number of hydrogen-bond acceptors (Lipinski definition) is 3. The summed E-state index contributed by atoms with van der Waals surface area (Å²) < 4.78 is 15.6. The van der Waals surface area contributed by atoms with Gasteiger partial charge in [-0.25, -0.2) is 0 Å². The van der Waals surface area contributed by atoms with E-state index in [9.17, 15) is 0 Å². The van der Waals surface area contributed by atoms with Gasteiger partial charge in [0.25, 0.3) is 0 Å². The van der Waals surface area contributed by atoms with Crippen molar-refractivity contribution in [1.29, 1.82) is 0 Å². The molecule has 0 N–H and O–H groups in total. The van der Waals surface area contributed by atoms with Gasteiger partial charge in [0.2, 0.25) is 0 Å². The second-order valence-electron chi connectivity index (χ2n) is 2.52. The monoisotopic (exact) mass is 254 g/mol. The fourth-order valence-electron chi connectivity index (χ4n) is 0.548. The van der Waals surface area contributed by atoms with Crippen LogP contribution in [0.15, 0.2) is 12.2 Å². The summed E-state index contributed by atoms with van der Waals surface area (Å²) in [7, 11) is 0.996. The van der Waals surface area contributed by atoms with Gasteiger partial charge in [0.1, 0.15) is 6.23 Å². The average molecular weight is 255 g/mol. The van der Waals surface area contributed by atoms with Crippen LogP contribution in [0.4, 0.5) is 0 Å². The van der Waals surface area contributed by atoms with Gasteiger partial charge < -0.3 is 13.6 Å². The van der Waals surface area contributed by atoms with Crippen LogP contribution in [-0.4, -0.2) is 34.2 Å². The van der Waals surface area contributed by atoms with Gasteiger partial charge in [-0.05, 0) is 6.92 Å². The van der Waals surface area contributed by atoms with Gasteiger partial charge >= 0.3 is 7.18 Å². The molecule has 0 aromatic carbocycles. The number of rotatable bonds is 6. The molecule has 72 valence electrons. The van der Waals surface area contributed by atoms with E-state index < -0.39 is 7.18 Å². The van der Waals surface area contributed by atoms with Gasteiger partial charge in [-0.15, -0.1) is 0 Å². The van der Waals surface area contributed by atoms with Crippen LogP contribution in [0.3, 0.4) is 0 Å². The highest BCUT2D eigenvalue weighted by atomic mass is 79.9. The first kappa shape index (κ1) is 12.3. The molecule has 0 atom stereocenters. The molecule has 0 aliphatic heterocycles. The second-order valence-corrected chi connectivity index (χ2v) is 8.57. The molecule has 0 amide bonds. The van der Waals surface area contributed by atoms with Gasteiger partial charge in [-0.3, -0.25) is 0 Å². The maximum Gasteiger partial charge on any atom is 0.440 e. The first-order valence-corrected chi connectivity index (χ1v) is 7.83. The van der Waals surface area contributed by atoms with Crippen LogP contribution < -0.4 is 0 Å². The lowest BCUT2D eigenvalue weighted by Gasteiger charge is -2.19. The lowest BCUT2D eigenvalue weighted by molar-refractivity contribution is 0.153. The van der Waals surface area contributed by atoms with Crippen LogP contribution in [0.2, 0.25) is 0 Å². The standard InChI is InChI=1S/C7H15BrO3Si/c1-7(2)5-11-6-12(8,9-3)10-4/h1,5-6H2,2-4H3. The summed E-state index contributed by atoms with van der Waals surface area (Å²) in [4.78, 5) is 0. The molecule has 0 bridgehead atoms. The minimum absolute atomic E-state index is 0.465. The number of hydrogen-bond donors (Lipinski definition) is 0. The van der Waals surface area contributed by atoms with Gasteiger partial charge in [0.05, 0.1) is 6.61 Å². The molecule has 0 fully saturated rings. The quantitative estimate of drug-likeness (QED) is 0.411. The Bertz CT molecular complexity index is 148. The Labute approximate surface area is 82.5 Å². The van der Waals surface area contributed by atoms with Crippen LogP contribution in [-0.2, 0) is 13.6 Å². The molecule has 0 aliphatic carbocycles. The summed E-state index contributed by atoms with van der Waals surface area (Å²) in [5.74, 6) is 0. The molecule has 0 saturated heterocycles. The fraction of sp³-hybridized carbons (Fsp3) is 0.714. The molecule has 0 spiro atoms. The molecule has 0 aliphatic rings. The fourth-order valence-corrected chi connectivity index (χ4v) is 1.78. The predicted octanol–water partition coefficient (Wildman–Crippen LogP) is 1.74. The van der Waals surface area contributed by atoms with Crippen LogP contribution in [0.5, 0.6) is 0 Å². The van der Waals surface area contributed by atoms with Crippen molar-refractivity contribution >= 4 is 22.5 Å². The van der Waals surface area contributed by atoms with E-state index >= 15 is 0 Å². The van der Waals surface area contributed by atoms with Crippen molar-refractivity contribution in [2.45, 2.75) is 6.92 Å². The molecule has 0 aromatic heterocycles. The Hall–Kier alpha value is 0.317. The lowest BCUT2D eigenvalue weighted by atomic mass is 10.4. The SMILES string of the molecule is C=C(C)COC[Si](Br)(OC)OC. The molecule has 0 radical (unpaired) electrons. The Balaban J connectivity index is 3.65. The van der Waals surface area contributed by atoms with E-state index in [1.165, 1.54) is 0 Å². The largest absolute Gasteiger partial charge is 0.440 e. The molecule has 0 rings (SSSR count). The first-order valence-electron chi connectivity index (χ1n) is 3.55. The van der Waals surface area contributed by atoms with Crippen molar-refractivity contribution in [2.75, 3.05) is 27.1 Å². The molecule has 3 nitrogen and oxygen atoms in total. The maximum atomic E-state index is 5.31. The average Bonchev–Trinajstić information content (AvgIpc) is 2.03. The normalized spacial score (nSPS) is 11.7. The summed E-state index contributed by atoms with van der Waals surface area (Å²) in [6.45, 7) is 6.18. The van der Waals surface area contributed by atoms with E-state index in [0.717, 1.165) is 5.57 Å². The molecule has 0 aromatic rings. The molecular weight excluding hydrogens is 240 g/mol. The topological polar surface area (TPSA) is 27.7 Å². The van der Waals surface area contributed by atoms with Crippen molar-refractivity contribution in [2.24, 2.45) is 0 Å². The molecule has 12 heavy (non-hydrogen) atoms. The van der Waals surface area contributed by atoms with Gasteiger partial charge in [-0.2, -0.15) is 0 Å². The van der Waals surface area contributed by atoms with Crippen LogP contribution in [0.1, 0.15) is 6.92 Å². The van der Waals surface area contributed by atoms with Crippen LogP contribution in [0.25, 0.3) is 0 Å². The smallest absolute Gasteiger partial charge is 0.388 e. The first-order chi connectivity index (χ1) is 5.54. The van der Waals surface area contributed by atoms with Crippen LogP contribution >= 0.6 is 15.3 Å². The third kappa shape index (κ3) is 5.05. The summed E-state index contributed by atoms with van der Waals surface area (Å²) >= 11 is 3.37. The van der Waals surface area contributed by atoms with Crippen molar-refractivity contribution < 1.29 is 13.6 Å². The Morgan fingerprint density at radius 1 is 1.42 bits per heavy atom. The highest BCUT2D eigenvalue weighted by molar-refractivity contribution is 9.25. The Kier molecular flexibility index (Phi) is 6.03. The minimum Gasteiger partial charge on any atom is -0.388 e. The molecular formula is C7H15BrO3Si. The number of ether oxygens (including phenoxy) is 1. The van der Waals surface area contributed by atoms with E-state index in [-0.39, 0.29) is 0 Å². The zero-order valence-corrected chi connectivity index (χ0v) is 10.3. The van der Waals surface area contributed by atoms with E-state index in [1.54, 1.807) is 14.2 Å².